The lowest BCUT2D eigenvalue weighted by atomic mass is 10.2. The van der Waals surface area contributed by atoms with E-state index in [2.05, 4.69) is 15.3 Å². The molecule has 0 atom stereocenters. The summed E-state index contributed by atoms with van der Waals surface area (Å²) < 4.78 is 6.44. The summed E-state index contributed by atoms with van der Waals surface area (Å²) >= 11 is 0. The van der Waals surface area contributed by atoms with Crippen LogP contribution in [0.4, 0.5) is 0 Å². The van der Waals surface area contributed by atoms with Crippen LogP contribution >= 0.6 is 0 Å². The summed E-state index contributed by atoms with van der Waals surface area (Å²) in [5.74, 6) is 0.613. The molecule has 0 fully saturated rings. The molecule has 0 spiro atoms. The topological polar surface area (TPSA) is 92.5 Å². The Morgan fingerprint density at radius 2 is 1.85 bits per heavy atom. The van der Waals surface area contributed by atoms with Crippen LogP contribution in [0.3, 0.4) is 0 Å². The molecule has 0 amide bonds. The van der Waals surface area contributed by atoms with E-state index in [0.29, 0.717) is 36.6 Å². The van der Waals surface area contributed by atoms with Gasteiger partial charge in [0, 0.05) is 20.1 Å². The van der Waals surface area contributed by atoms with Crippen molar-refractivity contribution in [2.45, 2.75) is 26.1 Å². The fraction of sp³-hybridized carbons (Fsp3) is 0.278. The molecule has 1 aliphatic rings. The van der Waals surface area contributed by atoms with Crippen LogP contribution in [0.1, 0.15) is 12.0 Å². The second-order valence-electron chi connectivity index (χ2n) is 6.67. The van der Waals surface area contributed by atoms with Crippen molar-refractivity contribution in [2.24, 2.45) is 7.05 Å². The van der Waals surface area contributed by atoms with Crippen LogP contribution in [0.25, 0.3) is 22.7 Å². The fourth-order valence-corrected chi connectivity index (χ4v) is 3.68. The average Bonchev–Trinajstić information content (AvgIpc) is 3.30. The normalized spacial score (nSPS) is 13.4. The van der Waals surface area contributed by atoms with Crippen molar-refractivity contribution >= 4 is 11.2 Å². The summed E-state index contributed by atoms with van der Waals surface area (Å²) in [4.78, 5) is 29.7. The lowest BCUT2D eigenvalue weighted by Gasteiger charge is -2.18. The van der Waals surface area contributed by atoms with E-state index in [4.69, 9.17) is 0 Å². The van der Waals surface area contributed by atoms with Gasteiger partial charge in [-0.25, -0.2) is 14.5 Å². The van der Waals surface area contributed by atoms with Crippen molar-refractivity contribution in [2.75, 3.05) is 0 Å². The number of nitrogens with zero attached hydrogens (tertiary/aromatic N) is 7. The molecule has 3 aromatic heterocycles. The Balaban J connectivity index is 1.74. The summed E-state index contributed by atoms with van der Waals surface area (Å²) in [7, 11) is 1.49. The summed E-state index contributed by atoms with van der Waals surface area (Å²) in [5.41, 5.74) is 2.01. The first-order chi connectivity index (χ1) is 13.1. The summed E-state index contributed by atoms with van der Waals surface area (Å²) in [6, 6.07) is 9.95. The molecule has 9 nitrogen and oxygen atoms in total. The molecule has 1 aromatic carbocycles. The third-order valence-electron chi connectivity index (χ3n) is 5.01. The summed E-state index contributed by atoms with van der Waals surface area (Å²) in [6.07, 6.45) is 2.44. The largest absolute Gasteiger partial charge is 0.332 e. The van der Waals surface area contributed by atoms with E-state index in [1.54, 1.807) is 15.4 Å². The lowest BCUT2D eigenvalue weighted by molar-refractivity contribution is 0.498. The molecular weight excluding hydrogens is 346 g/mol. The monoisotopic (exact) mass is 363 g/mol. The van der Waals surface area contributed by atoms with Gasteiger partial charge in [0.2, 0.25) is 0 Å². The number of aryl methyl sites for hydroxylation is 2. The predicted octanol–water partition coefficient (Wildman–Crippen LogP) is 0.607. The maximum Gasteiger partial charge on any atom is 0.332 e. The van der Waals surface area contributed by atoms with E-state index in [1.807, 2.05) is 34.9 Å². The lowest BCUT2D eigenvalue weighted by Crippen LogP contribution is -2.40. The number of imidazole rings is 1. The van der Waals surface area contributed by atoms with E-state index in [9.17, 15) is 9.59 Å². The first-order valence-corrected chi connectivity index (χ1v) is 8.78. The van der Waals surface area contributed by atoms with E-state index < -0.39 is 0 Å². The Hall–Kier alpha value is -3.49. The Labute approximate surface area is 153 Å². The maximum absolute atomic E-state index is 12.6. The molecule has 4 heterocycles. The zero-order valence-corrected chi connectivity index (χ0v) is 14.7. The van der Waals surface area contributed by atoms with Gasteiger partial charge < -0.3 is 4.57 Å². The van der Waals surface area contributed by atoms with Crippen molar-refractivity contribution in [3.63, 3.8) is 0 Å². The third kappa shape index (κ3) is 2.28. The molecule has 1 aliphatic heterocycles. The predicted molar refractivity (Wildman–Crippen MR) is 98.4 cm³/mol. The Morgan fingerprint density at radius 1 is 1.07 bits per heavy atom. The molecule has 0 aliphatic carbocycles. The van der Waals surface area contributed by atoms with Crippen LogP contribution in [0, 0.1) is 0 Å². The molecular formula is C18H17N7O2. The van der Waals surface area contributed by atoms with Gasteiger partial charge >= 0.3 is 5.69 Å². The van der Waals surface area contributed by atoms with Gasteiger partial charge in [0.25, 0.3) is 5.56 Å². The van der Waals surface area contributed by atoms with Gasteiger partial charge in [-0.15, -0.1) is 5.10 Å². The Bertz CT molecular complexity index is 1280. The zero-order chi connectivity index (χ0) is 18.5. The molecule has 0 N–H and O–H groups in total. The molecule has 0 radical (unpaired) electrons. The van der Waals surface area contributed by atoms with Crippen molar-refractivity contribution in [3.05, 3.63) is 62.9 Å². The molecule has 27 heavy (non-hydrogen) atoms. The van der Waals surface area contributed by atoms with Gasteiger partial charge in [-0.1, -0.05) is 35.5 Å². The number of benzene rings is 1. The van der Waals surface area contributed by atoms with Crippen LogP contribution in [0.5, 0.6) is 0 Å². The van der Waals surface area contributed by atoms with Crippen molar-refractivity contribution in [1.29, 1.82) is 0 Å². The molecule has 0 saturated carbocycles. The highest BCUT2D eigenvalue weighted by Gasteiger charge is 2.25. The van der Waals surface area contributed by atoms with E-state index in [1.165, 1.54) is 7.05 Å². The van der Waals surface area contributed by atoms with Gasteiger partial charge in [-0.05, 0) is 12.0 Å². The molecule has 0 unspecified atom stereocenters. The number of hydrogen-bond acceptors (Lipinski definition) is 5. The summed E-state index contributed by atoms with van der Waals surface area (Å²) in [5, 5.41) is 8.24. The molecule has 9 heteroatoms. The molecule has 136 valence electrons. The molecule has 4 aromatic rings. The average molecular weight is 363 g/mol. The zero-order valence-electron chi connectivity index (χ0n) is 14.7. The number of hydrogen-bond donors (Lipinski definition) is 0. The maximum atomic E-state index is 12.6. The second kappa shape index (κ2) is 5.76. The van der Waals surface area contributed by atoms with Crippen LogP contribution in [-0.4, -0.2) is 33.7 Å². The number of rotatable bonds is 3. The van der Waals surface area contributed by atoms with Crippen molar-refractivity contribution in [1.82, 2.24) is 33.7 Å². The second-order valence-corrected chi connectivity index (χ2v) is 6.67. The van der Waals surface area contributed by atoms with E-state index in [0.717, 1.165) is 22.2 Å². The van der Waals surface area contributed by atoms with Crippen LogP contribution < -0.4 is 11.2 Å². The minimum atomic E-state index is -0.379. The highest BCUT2D eigenvalue weighted by atomic mass is 16.2. The van der Waals surface area contributed by atoms with Crippen LogP contribution in [0.2, 0.25) is 0 Å². The summed E-state index contributed by atoms with van der Waals surface area (Å²) in [6.45, 7) is 1.81. The molecule has 0 saturated heterocycles. The highest BCUT2D eigenvalue weighted by Crippen LogP contribution is 2.25. The van der Waals surface area contributed by atoms with E-state index >= 15 is 0 Å². The van der Waals surface area contributed by atoms with Crippen LogP contribution in [0.15, 0.2) is 46.1 Å². The SMILES string of the molecule is Cn1c(=O)c2nc(-c3cnnn3Cc3ccccc3)n3c2n(c1=O)CCC3. The van der Waals surface area contributed by atoms with E-state index in [-0.39, 0.29) is 11.2 Å². The minimum Gasteiger partial charge on any atom is -0.308 e. The minimum absolute atomic E-state index is 0.305. The molecule has 5 rings (SSSR count). The fourth-order valence-electron chi connectivity index (χ4n) is 3.68. The smallest absolute Gasteiger partial charge is 0.308 e. The van der Waals surface area contributed by atoms with Gasteiger partial charge in [0.1, 0.15) is 5.69 Å². The number of aromatic nitrogens is 7. The standard InChI is InChI=1S/C18H17N7O2/c1-22-17(26)14-16-23(8-5-9-24(16)18(22)27)15(20-14)13-10-19-21-25(13)11-12-6-3-2-4-7-12/h2-4,6-7,10H,5,8-9,11H2,1H3. The Kier molecular flexibility index (Phi) is 3.36. The first-order valence-electron chi connectivity index (χ1n) is 8.78. The third-order valence-corrected chi connectivity index (χ3v) is 5.01. The van der Waals surface area contributed by atoms with Gasteiger partial charge in [-0.3, -0.25) is 13.9 Å². The molecule has 0 bridgehead atoms. The Morgan fingerprint density at radius 3 is 2.67 bits per heavy atom. The van der Waals surface area contributed by atoms with Gasteiger partial charge in [0.15, 0.2) is 17.0 Å². The van der Waals surface area contributed by atoms with Crippen molar-refractivity contribution < 1.29 is 0 Å². The van der Waals surface area contributed by atoms with Crippen LogP contribution in [-0.2, 0) is 26.7 Å². The quantitative estimate of drug-likeness (QED) is 0.532. The van der Waals surface area contributed by atoms with Gasteiger partial charge in [-0.2, -0.15) is 0 Å². The van der Waals surface area contributed by atoms with Crippen molar-refractivity contribution in [3.8, 4) is 11.5 Å². The van der Waals surface area contributed by atoms with Gasteiger partial charge in [0.05, 0.1) is 12.7 Å². The first kappa shape index (κ1) is 15.7. The highest BCUT2D eigenvalue weighted by molar-refractivity contribution is 5.76.